The lowest BCUT2D eigenvalue weighted by molar-refractivity contribution is -0.148. The zero-order valence-electron chi connectivity index (χ0n) is 11.0. The maximum absolute atomic E-state index is 11.5. The third-order valence-electron chi connectivity index (χ3n) is 2.21. The van der Waals surface area contributed by atoms with Crippen LogP contribution in [0, 0.1) is 0 Å². The number of rotatable bonds is 2. The fourth-order valence-electron chi connectivity index (χ4n) is 1.53. The number of nitrogens with zero attached hydrogens (tertiary/aromatic N) is 1. The number of pyridine rings is 1. The second kappa shape index (κ2) is 4.72. The highest BCUT2D eigenvalue weighted by Gasteiger charge is 2.13. The summed E-state index contributed by atoms with van der Waals surface area (Å²) in [5, 5.41) is 0. The zero-order chi connectivity index (χ0) is 14.0. The number of carbonyl (C=O) groups is 1. The number of aromatic amines is 2. The second-order valence-electron chi connectivity index (χ2n) is 5.11. The number of ether oxygens (including phenoxy) is 1. The van der Waals surface area contributed by atoms with Gasteiger partial charge < -0.3 is 9.72 Å². The molecule has 0 aliphatic heterocycles. The van der Waals surface area contributed by atoms with Crippen LogP contribution in [0.2, 0.25) is 0 Å². The average molecular weight is 261 g/mol. The van der Waals surface area contributed by atoms with E-state index in [0.717, 1.165) is 0 Å². The molecule has 0 unspecified atom stereocenters. The van der Waals surface area contributed by atoms with Crippen LogP contribution in [0.15, 0.2) is 23.1 Å². The van der Waals surface area contributed by atoms with Crippen molar-refractivity contribution in [1.82, 2.24) is 15.0 Å². The zero-order valence-corrected chi connectivity index (χ0v) is 11.0. The van der Waals surface area contributed by atoms with E-state index in [2.05, 4.69) is 15.0 Å². The normalized spacial score (nSPS) is 12.2. The Bertz CT molecular complexity index is 689. The van der Waals surface area contributed by atoms with Crippen molar-refractivity contribution in [3.05, 3.63) is 34.4 Å². The highest BCUT2D eigenvalue weighted by molar-refractivity contribution is 5.88. The van der Waals surface area contributed by atoms with Crippen molar-refractivity contribution in [2.24, 2.45) is 0 Å². The van der Waals surface area contributed by atoms with Crippen molar-refractivity contribution >= 4 is 23.2 Å². The minimum Gasteiger partial charge on any atom is -0.457 e. The lowest BCUT2D eigenvalue weighted by Gasteiger charge is -2.17. The molecule has 6 heteroatoms. The number of hydrogen-bond acceptors (Lipinski definition) is 4. The van der Waals surface area contributed by atoms with Crippen molar-refractivity contribution < 1.29 is 9.53 Å². The van der Waals surface area contributed by atoms with E-state index >= 15 is 0 Å². The van der Waals surface area contributed by atoms with Gasteiger partial charge in [0.05, 0.1) is 5.52 Å². The minimum atomic E-state index is -0.518. The summed E-state index contributed by atoms with van der Waals surface area (Å²) in [7, 11) is 0. The van der Waals surface area contributed by atoms with Crippen LogP contribution in [0.3, 0.4) is 0 Å². The molecule has 19 heavy (non-hydrogen) atoms. The molecule has 0 spiro atoms. The first kappa shape index (κ1) is 13.1. The van der Waals surface area contributed by atoms with Gasteiger partial charge in [-0.1, -0.05) is 0 Å². The molecule has 0 saturated carbocycles. The third-order valence-corrected chi connectivity index (χ3v) is 2.21. The molecule has 100 valence electrons. The van der Waals surface area contributed by atoms with E-state index in [1.807, 2.05) is 0 Å². The van der Waals surface area contributed by atoms with Crippen LogP contribution in [0.5, 0.6) is 0 Å². The van der Waals surface area contributed by atoms with Crippen LogP contribution in [0.25, 0.3) is 17.2 Å². The second-order valence-corrected chi connectivity index (χ2v) is 5.11. The van der Waals surface area contributed by atoms with Crippen LogP contribution in [0.1, 0.15) is 26.3 Å². The lowest BCUT2D eigenvalue weighted by Crippen LogP contribution is -2.22. The summed E-state index contributed by atoms with van der Waals surface area (Å²) in [5.41, 5.74) is 0.954. The standard InChI is InChI=1S/C13H15N3O3/c1-13(2,3)19-10(17)5-4-8-6-9-11(14-7-8)16-12(18)15-9/h4-7H,1-3H3,(H2,14,15,16,18)/b5-4+. The number of esters is 1. The van der Waals surface area contributed by atoms with Gasteiger partial charge in [0.25, 0.3) is 0 Å². The van der Waals surface area contributed by atoms with E-state index in [1.165, 1.54) is 6.08 Å². The number of carbonyl (C=O) groups excluding carboxylic acids is 1. The van der Waals surface area contributed by atoms with E-state index in [0.29, 0.717) is 16.7 Å². The van der Waals surface area contributed by atoms with Gasteiger partial charge in [0.15, 0.2) is 5.65 Å². The molecule has 0 saturated heterocycles. The molecule has 0 aliphatic carbocycles. The topological polar surface area (TPSA) is 87.8 Å². The number of imidazole rings is 1. The molecule has 2 aromatic heterocycles. The van der Waals surface area contributed by atoms with Crippen molar-refractivity contribution in [3.8, 4) is 0 Å². The fraction of sp³-hybridized carbons (Fsp3) is 0.308. The van der Waals surface area contributed by atoms with Crippen molar-refractivity contribution in [2.45, 2.75) is 26.4 Å². The van der Waals surface area contributed by atoms with Crippen molar-refractivity contribution in [2.75, 3.05) is 0 Å². The van der Waals surface area contributed by atoms with Gasteiger partial charge in [-0.15, -0.1) is 0 Å². The Morgan fingerprint density at radius 1 is 1.37 bits per heavy atom. The van der Waals surface area contributed by atoms with E-state index in [4.69, 9.17) is 4.74 Å². The van der Waals surface area contributed by atoms with Gasteiger partial charge in [0.1, 0.15) is 5.60 Å². The Morgan fingerprint density at radius 2 is 2.11 bits per heavy atom. The predicted octanol–water partition coefficient (Wildman–Crippen LogP) is 1.61. The highest BCUT2D eigenvalue weighted by atomic mass is 16.6. The van der Waals surface area contributed by atoms with Gasteiger partial charge in [0, 0.05) is 12.3 Å². The SMILES string of the molecule is CC(C)(C)OC(=O)/C=C/c1cnc2[nH]c(=O)[nH]c2c1. The largest absolute Gasteiger partial charge is 0.457 e. The average Bonchev–Trinajstić information content (AvgIpc) is 2.63. The molecule has 0 fully saturated rings. The Morgan fingerprint density at radius 3 is 2.79 bits per heavy atom. The molecule has 0 aromatic carbocycles. The van der Waals surface area contributed by atoms with Crippen LogP contribution in [-0.4, -0.2) is 26.5 Å². The summed E-state index contributed by atoms with van der Waals surface area (Å²) in [5.74, 6) is -0.421. The number of aromatic nitrogens is 3. The maximum Gasteiger partial charge on any atom is 0.331 e. The van der Waals surface area contributed by atoms with Gasteiger partial charge in [0.2, 0.25) is 0 Å². The number of hydrogen-bond donors (Lipinski definition) is 2. The van der Waals surface area contributed by atoms with Crippen LogP contribution >= 0.6 is 0 Å². The summed E-state index contributed by atoms with van der Waals surface area (Å²) >= 11 is 0. The van der Waals surface area contributed by atoms with Gasteiger partial charge in [-0.3, -0.25) is 4.98 Å². The Labute approximate surface area is 109 Å². The molecule has 2 N–H and O–H groups in total. The Kier molecular flexibility index (Phi) is 3.25. The third kappa shape index (κ3) is 3.54. The molecule has 2 heterocycles. The van der Waals surface area contributed by atoms with Gasteiger partial charge in [-0.2, -0.15) is 0 Å². The van der Waals surface area contributed by atoms with E-state index in [-0.39, 0.29) is 5.69 Å². The smallest absolute Gasteiger partial charge is 0.331 e. The summed E-state index contributed by atoms with van der Waals surface area (Å²) in [6.45, 7) is 5.41. The molecule has 0 radical (unpaired) electrons. The molecule has 2 aromatic rings. The van der Waals surface area contributed by atoms with Crippen LogP contribution in [0.4, 0.5) is 0 Å². The van der Waals surface area contributed by atoms with E-state index in [9.17, 15) is 9.59 Å². The molecular weight excluding hydrogens is 246 g/mol. The number of nitrogens with one attached hydrogen (secondary N) is 2. The monoisotopic (exact) mass is 261 g/mol. The summed E-state index contributed by atoms with van der Waals surface area (Å²) in [6.07, 6.45) is 4.48. The Hall–Kier alpha value is -2.37. The maximum atomic E-state index is 11.5. The number of H-pyrrole nitrogens is 2. The molecule has 0 amide bonds. The summed E-state index contributed by atoms with van der Waals surface area (Å²) < 4.78 is 5.14. The van der Waals surface area contributed by atoms with E-state index in [1.54, 1.807) is 39.1 Å². The summed E-state index contributed by atoms with van der Waals surface area (Å²) in [6, 6.07) is 1.72. The molecule has 0 aliphatic rings. The molecule has 2 rings (SSSR count). The first-order valence-electron chi connectivity index (χ1n) is 5.83. The Balaban J connectivity index is 2.16. The van der Waals surface area contributed by atoms with Gasteiger partial charge in [-0.05, 0) is 38.5 Å². The number of fused-ring (bicyclic) bond motifs is 1. The molecular formula is C13H15N3O3. The molecule has 0 bridgehead atoms. The van der Waals surface area contributed by atoms with E-state index < -0.39 is 11.6 Å². The first-order chi connectivity index (χ1) is 8.83. The van der Waals surface area contributed by atoms with Crippen molar-refractivity contribution in [3.63, 3.8) is 0 Å². The van der Waals surface area contributed by atoms with Gasteiger partial charge >= 0.3 is 11.7 Å². The van der Waals surface area contributed by atoms with Crippen LogP contribution in [-0.2, 0) is 9.53 Å². The molecule has 6 nitrogen and oxygen atoms in total. The van der Waals surface area contributed by atoms with Gasteiger partial charge in [-0.25, -0.2) is 14.6 Å². The lowest BCUT2D eigenvalue weighted by atomic mass is 10.2. The summed E-state index contributed by atoms with van der Waals surface area (Å²) in [4.78, 5) is 31.8. The molecule has 0 atom stereocenters. The first-order valence-corrected chi connectivity index (χ1v) is 5.83. The highest BCUT2D eigenvalue weighted by Crippen LogP contribution is 2.10. The van der Waals surface area contributed by atoms with Crippen LogP contribution < -0.4 is 5.69 Å². The predicted molar refractivity (Wildman–Crippen MR) is 71.6 cm³/mol. The fourth-order valence-corrected chi connectivity index (χ4v) is 1.53. The van der Waals surface area contributed by atoms with Crippen molar-refractivity contribution in [1.29, 1.82) is 0 Å². The minimum absolute atomic E-state index is 0.309. The quantitative estimate of drug-likeness (QED) is 0.635.